The largest absolute Gasteiger partial charge is 0.481 e. The number of carbonyl (C=O) groups is 2. The topological polar surface area (TPSA) is 75.6 Å². The number of carboxylic acids is 1. The molecule has 1 aliphatic carbocycles. The fourth-order valence-electron chi connectivity index (χ4n) is 2.16. The van der Waals surface area contributed by atoms with Crippen molar-refractivity contribution in [2.75, 3.05) is 6.54 Å². The Kier molecular flexibility index (Phi) is 4.50. The van der Waals surface area contributed by atoms with Crippen LogP contribution in [0.3, 0.4) is 0 Å². The maximum absolute atomic E-state index is 12.1. The molecule has 0 bridgehead atoms. The summed E-state index contributed by atoms with van der Waals surface area (Å²) in [6.07, 6.45) is 1.17. The Morgan fingerprint density at radius 3 is 2.67 bits per heavy atom. The first kappa shape index (κ1) is 15.4. The van der Waals surface area contributed by atoms with Crippen LogP contribution in [0.25, 0.3) is 0 Å². The quantitative estimate of drug-likeness (QED) is 0.807. The predicted molar refractivity (Wildman–Crippen MR) is 78.2 cm³/mol. The van der Waals surface area contributed by atoms with E-state index in [0.717, 1.165) is 5.56 Å². The van der Waals surface area contributed by atoms with Gasteiger partial charge in [0, 0.05) is 6.54 Å². The second-order valence-corrected chi connectivity index (χ2v) is 5.63. The molecule has 5 heteroatoms. The molecular weight excluding hydrogens is 270 g/mol. The molecule has 0 heterocycles. The third kappa shape index (κ3) is 3.74. The Balaban J connectivity index is 1.91. The van der Waals surface area contributed by atoms with E-state index in [0.29, 0.717) is 25.0 Å². The van der Waals surface area contributed by atoms with E-state index >= 15 is 0 Å². The highest BCUT2D eigenvalue weighted by Crippen LogP contribution is 2.45. The van der Waals surface area contributed by atoms with Gasteiger partial charge in [0.2, 0.25) is 0 Å². The summed E-state index contributed by atoms with van der Waals surface area (Å²) < 4.78 is 5.69. The van der Waals surface area contributed by atoms with Crippen LogP contribution in [0, 0.1) is 12.3 Å². The third-order valence-electron chi connectivity index (χ3n) is 3.84. The molecule has 0 aromatic heterocycles. The summed E-state index contributed by atoms with van der Waals surface area (Å²) >= 11 is 0. The first-order valence-corrected chi connectivity index (χ1v) is 7.21. The van der Waals surface area contributed by atoms with Crippen LogP contribution in [-0.2, 0) is 9.59 Å². The van der Waals surface area contributed by atoms with Crippen LogP contribution in [0.2, 0.25) is 0 Å². The fourth-order valence-corrected chi connectivity index (χ4v) is 2.16. The highest BCUT2D eigenvalue weighted by molar-refractivity contribution is 5.83. The zero-order valence-corrected chi connectivity index (χ0v) is 12.4. The lowest BCUT2D eigenvalue weighted by Gasteiger charge is -2.19. The van der Waals surface area contributed by atoms with Crippen molar-refractivity contribution >= 4 is 11.9 Å². The molecule has 2 N–H and O–H groups in total. The predicted octanol–water partition coefficient (Wildman–Crippen LogP) is 2.13. The molecule has 1 aromatic rings. The Morgan fingerprint density at radius 1 is 1.43 bits per heavy atom. The number of hydrogen-bond acceptors (Lipinski definition) is 3. The Morgan fingerprint density at radius 2 is 2.14 bits per heavy atom. The molecule has 0 aliphatic heterocycles. The average Bonchev–Trinajstić information content (AvgIpc) is 3.23. The van der Waals surface area contributed by atoms with Gasteiger partial charge in [0.25, 0.3) is 5.91 Å². The number of aryl methyl sites for hydroxylation is 1. The molecule has 0 saturated heterocycles. The summed E-state index contributed by atoms with van der Waals surface area (Å²) in [6.45, 7) is 4.00. The van der Waals surface area contributed by atoms with E-state index in [9.17, 15) is 9.59 Å². The SMILES string of the molecule is CCC(Oc1cccc(C)c1)C(=O)NCC1(C(=O)O)CC1. The van der Waals surface area contributed by atoms with Gasteiger partial charge < -0.3 is 15.2 Å². The van der Waals surface area contributed by atoms with Gasteiger partial charge in [-0.25, -0.2) is 0 Å². The van der Waals surface area contributed by atoms with Gasteiger partial charge >= 0.3 is 5.97 Å². The molecule has 5 nitrogen and oxygen atoms in total. The lowest BCUT2D eigenvalue weighted by atomic mass is 10.1. The van der Waals surface area contributed by atoms with Gasteiger partial charge in [0.05, 0.1) is 5.41 Å². The van der Waals surface area contributed by atoms with Crippen LogP contribution in [-0.4, -0.2) is 29.6 Å². The van der Waals surface area contributed by atoms with Gasteiger partial charge in [-0.15, -0.1) is 0 Å². The van der Waals surface area contributed by atoms with Crippen molar-refractivity contribution in [3.63, 3.8) is 0 Å². The summed E-state index contributed by atoms with van der Waals surface area (Å²) in [7, 11) is 0. The summed E-state index contributed by atoms with van der Waals surface area (Å²) in [6, 6.07) is 7.51. The van der Waals surface area contributed by atoms with Crippen LogP contribution >= 0.6 is 0 Å². The number of carboxylic acid groups (broad SMARTS) is 1. The zero-order chi connectivity index (χ0) is 15.5. The van der Waals surface area contributed by atoms with E-state index in [1.54, 1.807) is 0 Å². The second kappa shape index (κ2) is 6.16. The van der Waals surface area contributed by atoms with E-state index in [1.807, 2.05) is 38.1 Å². The van der Waals surface area contributed by atoms with Crippen molar-refractivity contribution < 1.29 is 19.4 Å². The van der Waals surface area contributed by atoms with Crippen molar-refractivity contribution in [1.29, 1.82) is 0 Å². The van der Waals surface area contributed by atoms with Gasteiger partial charge in [-0.05, 0) is 43.9 Å². The van der Waals surface area contributed by atoms with Crippen molar-refractivity contribution in [2.24, 2.45) is 5.41 Å². The van der Waals surface area contributed by atoms with Gasteiger partial charge in [-0.3, -0.25) is 9.59 Å². The van der Waals surface area contributed by atoms with Gasteiger partial charge in [-0.2, -0.15) is 0 Å². The van der Waals surface area contributed by atoms with Crippen LogP contribution in [0.1, 0.15) is 31.7 Å². The molecular formula is C16H21NO4. The highest BCUT2D eigenvalue weighted by atomic mass is 16.5. The smallest absolute Gasteiger partial charge is 0.311 e. The number of benzene rings is 1. The number of hydrogen-bond donors (Lipinski definition) is 2. The zero-order valence-electron chi connectivity index (χ0n) is 12.4. The molecule has 1 saturated carbocycles. The molecule has 2 rings (SSSR count). The second-order valence-electron chi connectivity index (χ2n) is 5.63. The molecule has 1 amide bonds. The molecule has 1 aliphatic rings. The Labute approximate surface area is 124 Å². The molecule has 1 unspecified atom stereocenters. The van der Waals surface area contributed by atoms with E-state index in [1.165, 1.54) is 0 Å². The first-order valence-electron chi connectivity index (χ1n) is 7.21. The van der Waals surface area contributed by atoms with Crippen LogP contribution in [0.4, 0.5) is 0 Å². The lowest BCUT2D eigenvalue weighted by molar-refractivity contribution is -0.143. The number of aliphatic carboxylic acids is 1. The molecule has 21 heavy (non-hydrogen) atoms. The Bertz CT molecular complexity index is 537. The number of ether oxygens (including phenoxy) is 1. The maximum atomic E-state index is 12.1. The lowest BCUT2D eigenvalue weighted by Crippen LogP contribution is -2.42. The van der Waals surface area contributed by atoms with E-state index in [2.05, 4.69) is 5.32 Å². The van der Waals surface area contributed by atoms with E-state index in [-0.39, 0.29) is 12.5 Å². The highest BCUT2D eigenvalue weighted by Gasteiger charge is 2.50. The minimum Gasteiger partial charge on any atom is -0.481 e. The molecule has 0 spiro atoms. The summed E-state index contributed by atoms with van der Waals surface area (Å²) in [4.78, 5) is 23.2. The first-order chi connectivity index (χ1) is 9.97. The number of amides is 1. The van der Waals surface area contributed by atoms with E-state index < -0.39 is 17.5 Å². The minimum absolute atomic E-state index is 0.175. The number of nitrogens with one attached hydrogen (secondary N) is 1. The molecule has 1 fully saturated rings. The summed E-state index contributed by atoms with van der Waals surface area (Å²) in [5.74, 6) is -0.446. The molecule has 1 aromatic carbocycles. The van der Waals surface area contributed by atoms with Crippen LogP contribution in [0.5, 0.6) is 5.75 Å². The average molecular weight is 291 g/mol. The van der Waals surface area contributed by atoms with Crippen LogP contribution in [0.15, 0.2) is 24.3 Å². The monoisotopic (exact) mass is 291 g/mol. The third-order valence-corrected chi connectivity index (χ3v) is 3.84. The van der Waals surface area contributed by atoms with Crippen molar-refractivity contribution in [3.8, 4) is 5.75 Å². The molecule has 114 valence electrons. The van der Waals surface area contributed by atoms with Crippen molar-refractivity contribution in [1.82, 2.24) is 5.32 Å². The number of rotatable bonds is 7. The Hall–Kier alpha value is -2.04. The van der Waals surface area contributed by atoms with Crippen molar-refractivity contribution in [3.05, 3.63) is 29.8 Å². The van der Waals surface area contributed by atoms with Gasteiger partial charge in [0.15, 0.2) is 6.10 Å². The summed E-state index contributed by atoms with van der Waals surface area (Å²) in [5.41, 5.74) is 0.308. The van der Waals surface area contributed by atoms with Gasteiger partial charge in [0.1, 0.15) is 5.75 Å². The fraction of sp³-hybridized carbons (Fsp3) is 0.500. The van der Waals surface area contributed by atoms with Crippen LogP contribution < -0.4 is 10.1 Å². The maximum Gasteiger partial charge on any atom is 0.311 e. The summed E-state index contributed by atoms with van der Waals surface area (Å²) in [5, 5.41) is 11.8. The minimum atomic E-state index is -0.838. The standard InChI is InChI=1S/C16H21NO4/c1-3-13(21-12-6-4-5-11(2)9-12)14(18)17-10-16(7-8-16)15(19)20/h4-6,9,13H,3,7-8,10H2,1-2H3,(H,17,18)(H,19,20). The van der Waals surface area contributed by atoms with Crippen molar-refractivity contribution in [2.45, 2.75) is 39.2 Å². The molecule has 0 radical (unpaired) electrons. The normalized spacial score (nSPS) is 16.9. The van der Waals surface area contributed by atoms with Gasteiger partial charge in [-0.1, -0.05) is 19.1 Å². The number of carbonyl (C=O) groups excluding carboxylic acids is 1. The molecule has 1 atom stereocenters. The van der Waals surface area contributed by atoms with E-state index in [4.69, 9.17) is 9.84 Å².